The Bertz CT molecular complexity index is 126. The van der Waals surface area contributed by atoms with Crippen molar-refractivity contribution in [2.45, 2.75) is 12.8 Å². The average Bonchev–Trinajstić information content (AvgIpc) is 2.21. The van der Waals surface area contributed by atoms with Crippen LogP contribution < -0.4 is 10.6 Å². The molecule has 0 aromatic rings. The van der Waals surface area contributed by atoms with Crippen molar-refractivity contribution in [1.29, 1.82) is 0 Å². The number of piperidine rings is 1. The molecule has 0 aromatic heterocycles. The third-order valence-corrected chi connectivity index (χ3v) is 3.18. The Morgan fingerprint density at radius 2 is 1.50 bits per heavy atom. The molecule has 2 N–H and O–H groups in total. The molecule has 84 valence electrons. The molecule has 0 radical (unpaired) electrons. The number of hydrogen-bond donors (Lipinski definition) is 2. The molecule has 2 saturated heterocycles. The normalized spacial score (nSPS) is 25.7. The SMILES string of the molecule is C1CC(CN2CCNCC2)CCN1.Cl. The van der Waals surface area contributed by atoms with E-state index in [-0.39, 0.29) is 12.4 Å². The summed E-state index contributed by atoms with van der Waals surface area (Å²) in [7, 11) is 0. The fourth-order valence-electron chi connectivity index (χ4n) is 2.32. The van der Waals surface area contributed by atoms with E-state index in [2.05, 4.69) is 15.5 Å². The number of piperazine rings is 1. The minimum atomic E-state index is 0. The van der Waals surface area contributed by atoms with Gasteiger partial charge in [-0.15, -0.1) is 12.4 Å². The summed E-state index contributed by atoms with van der Waals surface area (Å²) >= 11 is 0. The third kappa shape index (κ3) is 3.73. The van der Waals surface area contributed by atoms with Gasteiger partial charge in [-0.3, -0.25) is 0 Å². The lowest BCUT2D eigenvalue weighted by Crippen LogP contribution is -2.46. The van der Waals surface area contributed by atoms with Crippen LogP contribution in [0.15, 0.2) is 0 Å². The fourth-order valence-corrected chi connectivity index (χ4v) is 2.32. The van der Waals surface area contributed by atoms with Crippen LogP contribution in [0.2, 0.25) is 0 Å². The molecule has 0 spiro atoms. The summed E-state index contributed by atoms with van der Waals surface area (Å²) in [6.45, 7) is 8.68. The van der Waals surface area contributed by atoms with Crippen LogP contribution in [0.4, 0.5) is 0 Å². The van der Waals surface area contributed by atoms with E-state index in [0.29, 0.717) is 0 Å². The van der Waals surface area contributed by atoms with Crippen LogP contribution in [0.25, 0.3) is 0 Å². The van der Waals surface area contributed by atoms with E-state index < -0.39 is 0 Å². The summed E-state index contributed by atoms with van der Waals surface area (Å²) < 4.78 is 0. The van der Waals surface area contributed by atoms with Gasteiger partial charge in [0.15, 0.2) is 0 Å². The molecule has 2 aliphatic rings. The Hall–Kier alpha value is 0.170. The first-order valence-electron chi connectivity index (χ1n) is 5.59. The predicted molar refractivity (Wildman–Crippen MR) is 62.2 cm³/mol. The van der Waals surface area contributed by atoms with Crippen molar-refractivity contribution in [3.05, 3.63) is 0 Å². The molecule has 4 heteroatoms. The maximum Gasteiger partial charge on any atom is 0.0107 e. The van der Waals surface area contributed by atoms with Gasteiger partial charge in [-0.1, -0.05) is 0 Å². The molecule has 0 atom stereocenters. The van der Waals surface area contributed by atoms with Crippen molar-refractivity contribution in [3.63, 3.8) is 0 Å². The van der Waals surface area contributed by atoms with Crippen molar-refractivity contribution in [2.24, 2.45) is 5.92 Å². The second-order valence-electron chi connectivity index (χ2n) is 4.24. The van der Waals surface area contributed by atoms with Gasteiger partial charge in [0.2, 0.25) is 0 Å². The molecule has 2 heterocycles. The van der Waals surface area contributed by atoms with Gasteiger partial charge in [0.05, 0.1) is 0 Å². The summed E-state index contributed by atoms with van der Waals surface area (Å²) in [6, 6.07) is 0. The zero-order chi connectivity index (χ0) is 8.93. The van der Waals surface area contributed by atoms with E-state index in [0.717, 1.165) is 5.92 Å². The Balaban J connectivity index is 0.000000980. The number of halogens is 1. The molecule has 2 aliphatic heterocycles. The highest BCUT2D eigenvalue weighted by Gasteiger charge is 2.17. The van der Waals surface area contributed by atoms with E-state index in [1.54, 1.807) is 0 Å². The Morgan fingerprint density at radius 3 is 2.14 bits per heavy atom. The maximum absolute atomic E-state index is 3.42. The molecule has 0 amide bonds. The number of rotatable bonds is 2. The van der Waals surface area contributed by atoms with Crippen LogP contribution in [0.3, 0.4) is 0 Å². The zero-order valence-electron chi connectivity index (χ0n) is 8.80. The quantitative estimate of drug-likeness (QED) is 0.701. The average molecular weight is 220 g/mol. The smallest absolute Gasteiger partial charge is 0.0107 e. The molecule has 2 rings (SSSR count). The first-order chi connectivity index (χ1) is 6.45. The van der Waals surface area contributed by atoms with Crippen LogP contribution in [0, 0.1) is 5.92 Å². The number of nitrogens with zero attached hydrogens (tertiary/aromatic N) is 1. The molecule has 0 unspecified atom stereocenters. The van der Waals surface area contributed by atoms with E-state index >= 15 is 0 Å². The Labute approximate surface area is 93.0 Å². The molecule has 3 nitrogen and oxygen atoms in total. The molecule has 0 aromatic carbocycles. The standard InChI is InChI=1S/C10H21N3.ClH/c1-3-11-4-2-10(1)9-13-7-5-12-6-8-13;/h10-12H,1-9H2;1H. The van der Waals surface area contributed by atoms with Gasteiger partial charge in [-0.2, -0.15) is 0 Å². The predicted octanol–water partition coefficient (Wildman–Crippen LogP) is 0.313. The highest BCUT2D eigenvalue weighted by Crippen LogP contribution is 2.13. The van der Waals surface area contributed by atoms with Crippen molar-refractivity contribution in [3.8, 4) is 0 Å². The minimum absolute atomic E-state index is 0. The molecule has 14 heavy (non-hydrogen) atoms. The zero-order valence-corrected chi connectivity index (χ0v) is 9.61. The second kappa shape index (κ2) is 6.62. The summed E-state index contributed by atoms with van der Waals surface area (Å²) in [6.07, 6.45) is 2.76. The van der Waals surface area contributed by atoms with Crippen molar-refractivity contribution >= 4 is 12.4 Å². The topological polar surface area (TPSA) is 27.3 Å². The summed E-state index contributed by atoms with van der Waals surface area (Å²) in [4.78, 5) is 2.62. The largest absolute Gasteiger partial charge is 0.317 e. The summed E-state index contributed by atoms with van der Waals surface area (Å²) in [5.41, 5.74) is 0. The molecule has 0 bridgehead atoms. The van der Waals surface area contributed by atoms with Crippen LogP contribution in [-0.4, -0.2) is 50.7 Å². The van der Waals surface area contributed by atoms with Gasteiger partial charge >= 0.3 is 0 Å². The molecular weight excluding hydrogens is 198 g/mol. The van der Waals surface area contributed by atoms with E-state index in [9.17, 15) is 0 Å². The first kappa shape index (κ1) is 12.2. The van der Waals surface area contributed by atoms with Crippen LogP contribution >= 0.6 is 12.4 Å². The minimum Gasteiger partial charge on any atom is -0.317 e. The van der Waals surface area contributed by atoms with Gasteiger partial charge < -0.3 is 15.5 Å². The molecular formula is C10H22ClN3. The van der Waals surface area contributed by atoms with Crippen LogP contribution in [-0.2, 0) is 0 Å². The molecule has 2 fully saturated rings. The second-order valence-corrected chi connectivity index (χ2v) is 4.24. The fraction of sp³-hybridized carbons (Fsp3) is 1.00. The molecule has 0 saturated carbocycles. The van der Waals surface area contributed by atoms with Crippen molar-refractivity contribution < 1.29 is 0 Å². The summed E-state index contributed by atoms with van der Waals surface area (Å²) in [5.74, 6) is 0.958. The third-order valence-electron chi connectivity index (χ3n) is 3.18. The highest BCUT2D eigenvalue weighted by atomic mass is 35.5. The first-order valence-corrected chi connectivity index (χ1v) is 5.59. The maximum atomic E-state index is 3.42. The monoisotopic (exact) mass is 219 g/mol. The van der Waals surface area contributed by atoms with Gasteiger partial charge in [-0.25, -0.2) is 0 Å². The lowest BCUT2D eigenvalue weighted by Gasteiger charge is -2.32. The van der Waals surface area contributed by atoms with Crippen molar-refractivity contribution in [1.82, 2.24) is 15.5 Å². The highest BCUT2D eigenvalue weighted by molar-refractivity contribution is 5.85. The van der Waals surface area contributed by atoms with Gasteiger partial charge in [0.1, 0.15) is 0 Å². The van der Waals surface area contributed by atoms with Crippen LogP contribution in [0.5, 0.6) is 0 Å². The van der Waals surface area contributed by atoms with Crippen LogP contribution in [0.1, 0.15) is 12.8 Å². The number of nitrogens with one attached hydrogen (secondary N) is 2. The van der Waals surface area contributed by atoms with E-state index in [1.165, 1.54) is 58.7 Å². The van der Waals surface area contributed by atoms with Gasteiger partial charge in [0.25, 0.3) is 0 Å². The Morgan fingerprint density at radius 1 is 0.929 bits per heavy atom. The van der Waals surface area contributed by atoms with E-state index in [4.69, 9.17) is 0 Å². The Kier molecular flexibility index (Phi) is 5.78. The molecule has 0 aliphatic carbocycles. The summed E-state index contributed by atoms with van der Waals surface area (Å²) in [5, 5.41) is 6.82. The number of hydrogen-bond acceptors (Lipinski definition) is 3. The van der Waals surface area contributed by atoms with Gasteiger partial charge in [-0.05, 0) is 31.8 Å². The lowest BCUT2D eigenvalue weighted by molar-refractivity contribution is 0.186. The lowest BCUT2D eigenvalue weighted by atomic mass is 9.97. The van der Waals surface area contributed by atoms with Gasteiger partial charge in [0, 0.05) is 32.7 Å². The van der Waals surface area contributed by atoms with Crippen molar-refractivity contribution in [2.75, 3.05) is 45.8 Å². The van der Waals surface area contributed by atoms with E-state index in [1.807, 2.05) is 0 Å².